The van der Waals surface area contributed by atoms with Gasteiger partial charge in [-0.25, -0.2) is 0 Å². The standard InChI is InChI=1S/C8H8N2.C8H7N/c9-7-1-2-8-6(5-7)3-4-10-8;1-2-4-8-7(3-1)5-6-9-8/h1-5,10H,9H2;1-6,9H. The van der Waals surface area contributed by atoms with E-state index in [1.165, 1.54) is 16.3 Å². The summed E-state index contributed by atoms with van der Waals surface area (Å²) in [5, 5.41) is 2.44. The highest BCUT2D eigenvalue weighted by atomic mass is 14.7. The molecule has 3 heteroatoms. The zero-order chi connectivity index (χ0) is 13.1. The topological polar surface area (TPSA) is 57.6 Å². The second-order valence-corrected chi connectivity index (χ2v) is 4.39. The summed E-state index contributed by atoms with van der Waals surface area (Å²) >= 11 is 0. The van der Waals surface area contributed by atoms with E-state index in [0.29, 0.717) is 0 Å². The van der Waals surface area contributed by atoms with Crippen LogP contribution in [0.2, 0.25) is 0 Å². The van der Waals surface area contributed by atoms with Gasteiger partial charge in [0.25, 0.3) is 0 Å². The predicted molar refractivity (Wildman–Crippen MR) is 81.0 cm³/mol. The average molecular weight is 249 g/mol. The molecule has 0 spiro atoms. The van der Waals surface area contributed by atoms with E-state index in [4.69, 9.17) is 5.73 Å². The molecular weight excluding hydrogens is 234 g/mol. The zero-order valence-corrected chi connectivity index (χ0v) is 10.4. The highest BCUT2D eigenvalue weighted by Gasteiger charge is 1.91. The summed E-state index contributed by atoms with van der Waals surface area (Å²) in [6.45, 7) is 0. The van der Waals surface area contributed by atoms with Gasteiger partial charge in [-0.3, -0.25) is 0 Å². The summed E-state index contributed by atoms with van der Waals surface area (Å²) in [6, 6.07) is 18.1. The number of rotatable bonds is 0. The summed E-state index contributed by atoms with van der Waals surface area (Å²) in [4.78, 5) is 6.21. The molecule has 4 N–H and O–H groups in total. The summed E-state index contributed by atoms with van der Waals surface area (Å²) < 4.78 is 0. The molecule has 0 aliphatic heterocycles. The maximum absolute atomic E-state index is 5.57. The van der Waals surface area contributed by atoms with Crippen molar-refractivity contribution in [3.05, 3.63) is 67.0 Å². The van der Waals surface area contributed by atoms with E-state index in [0.717, 1.165) is 11.2 Å². The molecule has 0 unspecified atom stereocenters. The zero-order valence-electron chi connectivity index (χ0n) is 10.4. The predicted octanol–water partition coefficient (Wildman–Crippen LogP) is 3.92. The smallest absolute Gasteiger partial charge is 0.0455 e. The minimum absolute atomic E-state index is 0.812. The van der Waals surface area contributed by atoms with Crippen molar-refractivity contribution in [3.8, 4) is 0 Å². The summed E-state index contributed by atoms with van der Waals surface area (Å²) in [5.74, 6) is 0. The Labute approximate surface area is 111 Å². The van der Waals surface area contributed by atoms with Crippen LogP contribution in [0.1, 0.15) is 0 Å². The SMILES string of the molecule is Nc1ccc2[nH]ccc2c1.c1ccc2[nH]ccc2c1. The third-order valence-corrected chi connectivity index (χ3v) is 3.04. The second-order valence-electron chi connectivity index (χ2n) is 4.39. The van der Waals surface area contributed by atoms with Crippen molar-refractivity contribution in [2.24, 2.45) is 0 Å². The highest BCUT2D eigenvalue weighted by Crippen LogP contribution is 2.14. The molecular formula is C16H15N3. The Morgan fingerprint density at radius 1 is 0.684 bits per heavy atom. The van der Waals surface area contributed by atoms with Gasteiger partial charge in [-0.2, -0.15) is 0 Å². The summed E-state index contributed by atoms with van der Waals surface area (Å²) in [5.41, 5.74) is 8.72. The fourth-order valence-corrected chi connectivity index (χ4v) is 2.07. The van der Waals surface area contributed by atoms with E-state index in [-0.39, 0.29) is 0 Å². The Morgan fingerprint density at radius 3 is 2.16 bits per heavy atom. The van der Waals surface area contributed by atoms with Crippen LogP contribution in [0.15, 0.2) is 67.0 Å². The molecule has 0 saturated heterocycles. The van der Waals surface area contributed by atoms with Gasteiger partial charge in [0.15, 0.2) is 0 Å². The molecule has 2 aromatic heterocycles. The molecule has 0 bridgehead atoms. The Kier molecular flexibility index (Phi) is 2.94. The number of nitrogens with two attached hydrogens (primary N) is 1. The lowest BCUT2D eigenvalue weighted by Crippen LogP contribution is -1.81. The first kappa shape index (κ1) is 11.4. The van der Waals surface area contributed by atoms with Crippen molar-refractivity contribution in [2.75, 3.05) is 5.73 Å². The molecule has 0 fully saturated rings. The third kappa shape index (κ3) is 2.45. The van der Waals surface area contributed by atoms with Crippen LogP contribution in [0.25, 0.3) is 21.8 Å². The van der Waals surface area contributed by atoms with Gasteiger partial charge < -0.3 is 15.7 Å². The van der Waals surface area contributed by atoms with Crippen LogP contribution < -0.4 is 5.73 Å². The van der Waals surface area contributed by atoms with Crippen LogP contribution in [0, 0.1) is 0 Å². The number of anilines is 1. The number of nitrogens with one attached hydrogen (secondary N) is 2. The number of hydrogen-bond donors (Lipinski definition) is 3. The fourth-order valence-electron chi connectivity index (χ4n) is 2.07. The van der Waals surface area contributed by atoms with Gasteiger partial charge in [0.2, 0.25) is 0 Å². The maximum Gasteiger partial charge on any atom is 0.0455 e. The van der Waals surface area contributed by atoms with Gasteiger partial charge in [-0.1, -0.05) is 18.2 Å². The van der Waals surface area contributed by atoms with Crippen molar-refractivity contribution < 1.29 is 0 Å². The molecule has 2 heterocycles. The lowest BCUT2D eigenvalue weighted by Gasteiger charge is -1.90. The van der Waals surface area contributed by atoms with E-state index in [2.05, 4.69) is 28.2 Å². The van der Waals surface area contributed by atoms with E-state index in [1.54, 1.807) is 0 Å². The van der Waals surface area contributed by atoms with E-state index in [1.807, 2.05) is 48.8 Å². The number of aromatic nitrogens is 2. The lowest BCUT2D eigenvalue weighted by atomic mass is 10.2. The molecule has 0 aliphatic rings. The van der Waals surface area contributed by atoms with Crippen molar-refractivity contribution in [3.63, 3.8) is 0 Å². The first-order chi connectivity index (χ1) is 9.33. The second kappa shape index (κ2) is 4.90. The first-order valence-corrected chi connectivity index (χ1v) is 6.18. The Balaban J connectivity index is 0.000000117. The largest absolute Gasteiger partial charge is 0.399 e. The molecule has 4 aromatic rings. The number of nitrogen functional groups attached to an aromatic ring is 1. The number of benzene rings is 2. The molecule has 0 radical (unpaired) electrons. The molecule has 4 rings (SSSR count). The minimum atomic E-state index is 0.812. The van der Waals surface area contributed by atoms with Gasteiger partial charge >= 0.3 is 0 Å². The van der Waals surface area contributed by atoms with Crippen LogP contribution >= 0.6 is 0 Å². The van der Waals surface area contributed by atoms with Crippen molar-refractivity contribution in [2.45, 2.75) is 0 Å². The third-order valence-electron chi connectivity index (χ3n) is 3.04. The number of hydrogen-bond acceptors (Lipinski definition) is 1. The van der Waals surface area contributed by atoms with Gasteiger partial charge in [0, 0.05) is 34.5 Å². The average Bonchev–Trinajstić information content (AvgIpc) is 3.07. The number of aromatic amines is 2. The highest BCUT2D eigenvalue weighted by molar-refractivity contribution is 5.82. The van der Waals surface area contributed by atoms with Gasteiger partial charge in [-0.15, -0.1) is 0 Å². The van der Waals surface area contributed by atoms with Gasteiger partial charge in [-0.05, 0) is 41.8 Å². The Bertz CT molecular complexity index is 765. The molecule has 94 valence electrons. The van der Waals surface area contributed by atoms with E-state index < -0.39 is 0 Å². The van der Waals surface area contributed by atoms with Crippen molar-refractivity contribution >= 4 is 27.5 Å². The van der Waals surface area contributed by atoms with E-state index in [9.17, 15) is 0 Å². The van der Waals surface area contributed by atoms with Crippen LogP contribution in [0.5, 0.6) is 0 Å². The molecule has 0 atom stereocenters. The molecule has 19 heavy (non-hydrogen) atoms. The molecule has 3 nitrogen and oxygen atoms in total. The van der Waals surface area contributed by atoms with Crippen molar-refractivity contribution in [1.82, 2.24) is 9.97 Å². The number of fused-ring (bicyclic) bond motifs is 2. The molecule has 0 aliphatic carbocycles. The fraction of sp³-hybridized carbons (Fsp3) is 0. The lowest BCUT2D eigenvalue weighted by molar-refractivity contribution is 1.48. The maximum atomic E-state index is 5.57. The minimum Gasteiger partial charge on any atom is -0.399 e. The van der Waals surface area contributed by atoms with Crippen LogP contribution in [0.4, 0.5) is 5.69 Å². The molecule has 0 saturated carbocycles. The van der Waals surface area contributed by atoms with E-state index >= 15 is 0 Å². The summed E-state index contributed by atoms with van der Waals surface area (Å²) in [6.07, 6.45) is 3.86. The van der Waals surface area contributed by atoms with Crippen molar-refractivity contribution in [1.29, 1.82) is 0 Å². The van der Waals surface area contributed by atoms with Crippen LogP contribution in [-0.4, -0.2) is 9.97 Å². The van der Waals surface area contributed by atoms with Gasteiger partial charge in [0.05, 0.1) is 0 Å². The molecule has 2 aromatic carbocycles. The summed E-state index contributed by atoms with van der Waals surface area (Å²) in [7, 11) is 0. The normalized spacial score (nSPS) is 10.3. The molecule has 0 amide bonds. The van der Waals surface area contributed by atoms with Gasteiger partial charge in [0.1, 0.15) is 0 Å². The Morgan fingerprint density at radius 2 is 1.37 bits per heavy atom. The number of H-pyrrole nitrogens is 2. The quantitative estimate of drug-likeness (QED) is 0.406. The van der Waals surface area contributed by atoms with Crippen LogP contribution in [0.3, 0.4) is 0 Å². The number of para-hydroxylation sites is 1. The first-order valence-electron chi connectivity index (χ1n) is 6.18. The Hall–Kier alpha value is -2.68. The monoisotopic (exact) mass is 249 g/mol. The van der Waals surface area contributed by atoms with Crippen LogP contribution in [-0.2, 0) is 0 Å².